The molecule has 1 rings (SSSR count). The van der Waals surface area contributed by atoms with Crippen LogP contribution in [0.5, 0.6) is 0 Å². The van der Waals surface area contributed by atoms with Crippen molar-refractivity contribution in [1.29, 1.82) is 0 Å². The number of aliphatic hydroxyl groups excluding tert-OH is 1. The van der Waals surface area contributed by atoms with Crippen LogP contribution in [0, 0.1) is 17.3 Å². The fraction of sp³-hybridized carbons (Fsp3) is 1.00. The summed E-state index contributed by atoms with van der Waals surface area (Å²) < 4.78 is 0. The van der Waals surface area contributed by atoms with Crippen molar-refractivity contribution >= 4 is 0 Å². The fourth-order valence-electron chi connectivity index (χ4n) is 1.77. The Morgan fingerprint density at radius 2 is 1.92 bits per heavy atom. The summed E-state index contributed by atoms with van der Waals surface area (Å²) in [4.78, 5) is 2.44. The lowest BCUT2D eigenvalue weighted by Gasteiger charge is -2.47. The van der Waals surface area contributed by atoms with Crippen molar-refractivity contribution in [2.75, 3.05) is 26.2 Å². The average Bonchev–Trinajstić information content (AvgIpc) is 1.92. The number of hydrogen-bond donors (Lipinski definition) is 1. The Balaban J connectivity index is 2.19. The molecule has 0 aliphatic carbocycles. The first-order valence-corrected chi connectivity index (χ1v) is 5.26. The van der Waals surface area contributed by atoms with Crippen LogP contribution in [0.1, 0.15) is 27.7 Å². The first kappa shape index (κ1) is 11.0. The third kappa shape index (κ3) is 2.96. The highest BCUT2D eigenvalue weighted by Gasteiger charge is 2.35. The normalized spacial score (nSPS) is 22.8. The second-order valence-corrected chi connectivity index (χ2v) is 5.57. The summed E-state index contributed by atoms with van der Waals surface area (Å²) in [6.45, 7) is 12.8. The molecule has 2 nitrogen and oxygen atoms in total. The summed E-state index contributed by atoms with van der Waals surface area (Å²) >= 11 is 0. The summed E-state index contributed by atoms with van der Waals surface area (Å²) in [6, 6.07) is 0. The highest BCUT2D eigenvalue weighted by Crippen LogP contribution is 2.33. The van der Waals surface area contributed by atoms with E-state index in [0.717, 1.165) is 12.5 Å². The van der Waals surface area contributed by atoms with Gasteiger partial charge in [0.25, 0.3) is 0 Å². The third-order valence-corrected chi connectivity index (χ3v) is 3.06. The molecule has 1 atom stereocenters. The van der Waals surface area contributed by atoms with E-state index in [-0.39, 0.29) is 0 Å². The molecule has 0 aromatic heterocycles. The Bertz CT molecular complexity index is 156. The predicted octanol–water partition coefficient (Wildman–Crippen LogP) is 1.59. The molecule has 1 unspecified atom stereocenters. The van der Waals surface area contributed by atoms with Crippen molar-refractivity contribution in [1.82, 2.24) is 4.90 Å². The Morgan fingerprint density at radius 3 is 2.31 bits per heavy atom. The van der Waals surface area contributed by atoms with Crippen LogP contribution in [0.2, 0.25) is 0 Å². The van der Waals surface area contributed by atoms with Gasteiger partial charge in [-0.05, 0) is 17.3 Å². The number of likely N-dealkylation sites (tertiary alicyclic amines) is 1. The van der Waals surface area contributed by atoms with Crippen LogP contribution in [0.15, 0.2) is 0 Å². The highest BCUT2D eigenvalue weighted by atomic mass is 16.3. The monoisotopic (exact) mass is 185 g/mol. The summed E-state index contributed by atoms with van der Waals surface area (Å²) in [5, 5.41) is 8.90. The first-order valence-electron chi connectivity index (χ1n) is 5.26. The van der Waals surface area contributed by atoms with Gasteiger partial charge in [-0.2, -0.15) is 0 Å². The molecule has 78 valence electrons. The van der Waals surface area contributed by atoms with Gasteiger partial charge in [-0.15, -0.1) is 0 Å². The van der Waals surface area contributed by atoms with E-state index < -0.39 is 0 Å². The summed E-state index contributed by atoms with van der Waals surface area (Å²) in [6.07, 6.45) is 0. The molecule has 0 spiro atoms. The van der Waals surface area contributed by atoms with Gasteiger partial charge in [-0.25, -0.2) is 0 Å². The van der Waals surface area contributed by atoms with Crippen LogP contribution >= 0.6 is 0 Å². The van der Waals surface area contributed by atoms with Gasteiger partial charge in [-0.1, -0.05) is 27.7 Å². The van der Waals surface area contributed by atoms with Crippen molar-refractivity contribution in [3.8, 4) is 0 Å². The molecule has 0 radical (unpaired) electrons. The lowest BCUT2D eigenvalue weighted by Crippen LogP contribution is -2.53. The smallest absolute Gasteiger partial charge is 0.0468 e. The minimum absolute atomic E-state index is 0.316. The van der Waals surface area contributed by atoms with Gasteiger partial charge in [0.15, 0.2) is 0 Å². The van der Waals surface area contributed by atoms with Crippen molar-refractivity contribution < 1.29 is 5.11 Å². The van der Waals surface area contributed by atoms with Crippen LogP contribution in [-0.2, 0) is 0 Å². The van der Waals surface area contributed by atoms with Crippen molar-refractivity contribution in [2.24, 2.45) is 17.3 Å². The molecule has 0 saturated carbocycles. The lowest BCUT2D eigenvalue weighted by molar-refractivity contribution is 0.00973. The zero-order chi connectivity index (χ0) is 10.1. The Hall–Kier alpha value is -0.0800. The van der Waals surface area contributed by atoms with Crippen LogP contribution in [0.25, 0.3) is 0 Å². The molecule has 0 bridgehead atoms. The van der Waals surface area contributed by atoms with Crippen molar-refractivity contribution in [3.63, 3.8) is 0 Å². The van der Waals surface area contributed by atoms with Crippen LogP contribution in [0.4, 0.5) is 0 Å². The maximum absolute atomic E-state index is 8.90. The molecule has 0 aromatic carbocycles. The zero-order valence-corrected chi connectivity index (χ0v) is 9.38. The third-order valence-electron chi connectivity index (χ3n) is 3.06. The molecule has 1 aliphatic rings. The molecule has 1 heterocycles. The zero-order valence-electron chi connectivity index (χ0n) is 9.38. The largest absolute Gasteiger partial charge is 0.396 e. The maximum atomic E-state index is 8.90. The van der Waals surface area contributed by atoms with Crippen LogP contribution in [-0.4, -0.2) is 36.2 Å². The second kappa shape index (κ2) is 3.97. The van der Waals surface area contributed by atoms with E-state index in [4.69, 9.17) is 5.11 Å². The van der Waals surface area contributed by atoms with E-state index in [1.165, 1.54) is 13.1 Å². The lowest BCUT2D eigenvalue weighted by atomic mass is 9.76. The van der Waals surface area contributed by atoms with E-state index in [0.29, 0.717) is 17.9 Å². The quantitative estimate of drug-likeness (QED) is 0.722. The summed E-state index contributed by atoms with van der Waals surface area (Å²) in [5.41, 5.74) is 0.457. The Kier molecular flexibility index (Phi) is 3.36. The second-order valence-electron chi connectivity index (χ2n) is 5.57. The minimum atomic E-state index is 0.316. The predicted molar refractivity (Wildman–Crippen MR) is 55.6 cm³/mol. The molecule has 1 fully saturated rings. The molecule has 1 aliphatic heterocycles. The van der Waals surface area contributed by atoms with E-state index in [9.17, 15) is 0 Å². The molecule has 0 amide bonds. The summed E-state index contributed by atoms with van der Waals surface area (Å²) in [5.74, 6) is 1.28. The summed E-state index contributed by atoms with van der Waals surface area (Å²) in [7, 11) is 0. The van der Waals surface area contributed by atoms with E-state index in [1.54, 1.807) is 0 Å². The molecule has 1 saturated heterocycles. The number of nitrogens with zero attached hydrogens (tertiary/aromatic N) is 1. The van der Waals surface area contributed by atoms with E-state index in [2.05, 4.69) is 32.6 Å². The van der Waals surface area contributed by atoms with Gasteiger partial charge in [-0.3, -0.25) is 0 Å². The van der Waals surface area contributed by atoms with Gasteiger partial charge >= 0.3 is 0 Å². The molecule has 13 heavy (non-hydrogen) atoms. The van der Waals surface area contributed by atoms with Gasteiger partial charge in [0.05, 0.1) is 0 Å². The van der Waals surface area contributed by atoms with Gasteiger partial charge in [0.1, 0.15) is 0 Å². The van der Waals surface area contributed by atoms with Crippen molar-refractivity contribution in [3.05, 3.63) is 0 Å². The van der Waals surface area contributed by atoms with Gasteiger partial charge in [0.2, 0.25) is 0 Å². The molecule has 1 N–H and O–H groups in total. The minimum Gasteiger partial charge on any atom is -0.396 e. The standard InChI is InChI=1S/C11H23NO/c1-9(8-13)5-12-6-10(7-12)11(2,3)4/h9-10,13H,5-8H2,1-4H3. The van der Waals surface area contributed by atoms with Crippen LogP contribution < -0.4 is 0 Å². The fourth-order valence-corrected chi connectivity index (χ4v) is 1.77. The molecule has 2 heteroatoms. The maximum Gasteiger partial charge on any atom is 0.0468 e. The van der Waals surface area contributed by atoms with Gasteiger partial charge in [0, 0.05) is 26.2 Å². The molecular weight excluding hydrogens is 162 g/mol. The number of hydrogen-bond acceptors (Lipinski definition) is 2. The van der Waals surface area contributed by atoms with Gasteiger partial charge < -0.3 is 10.0 Å². The topological polar surface area (TPSA) is 23.5 Å². The average molecular weight is 185 g/mol. The van der Waals surface area contributed by atoms with E-state index >= 15 is 0 Å². The van der Waals surface area contributed by atoms with Crippen LogP contribution in [0.3, 0.4) is 0 Å². The first-order chi connectivity index (χ1) is 5.93. The molecule has 0 aromatic rings. The van der Waals surface area contributed by atoms with Crippen molar-refractivity contribution in [2.45, 2.75) is 27.7 Å². The molecular formula is C11H23NO. The Labute approximate surface area is 81.9 Å². The number of aliphatic hydroxyl groups is 1. The van der Waals surface area contributed by atoms with E-state index in [1.807, 2.05) is 0 Å². The number of rotatable bonds is 3. The SMILES string of the molecule is CC(CO)CN1CC(C(C)(C)C)C1. The highest BCUT2D eigenvalue weighted by molar-refractivity contribution is 4.88. The Morgan fingerprint density at radius 1 is 1.38 bits per heavy atom.